The van der Waals surface area contributed by atoms with E-state index in [1.54, 1.807) is 11.3 Å². The molecule has 1 aromatic rings. The van der Waals surface area contributed by atoms with Gasteiger partial charge >= 0.3 is 0 Å². The second-order valence-corrected chi connectivity index (χ2v) is 5.71. The Morgan fingerprint density at radius 2 is 2.41 bits per heavy atom. The number of nitrogens with one attached hydrogen (secondary N) is 1. The molecule has 1 aliphatic rings. The summed E-state index contributed by atoms with van der Waals surface area (Å²) in [6, 6.07) is 4.13. The highest BCUT2D eigenvalue weighted by atomic mass is 32.1. The monoisotopic (exact) mass is 252 g/mol. The molecule has 94 valence electrons. The van der Waals surface area contributed by atoms with Crippen molar-refractivity contribution in [1.82, 2.24) is 10.2 Å². The Morgan fingerprint density at radius 3 is 2.94 bits per heavy atom. The Kier molecular flexibility index (Phi) is 4.18. The summed E-state index contributed by atoms with van der Waals surface area (Å²) >= 11 is 1.72. The van der Waals surface area contributed by atoms with Gasteiger partial charge in [0, 0.05) is 18.0 Å². The lowest BCUT2D eigenvalue weighted by Gasteiger charge is -2.25. The number of amides is 1. The first kappa shape index (κ1) is 12.6. The number of hydrogen-bond acceptors (Lipinski definition) is 3. The van der Waals surface area contributed by atoms with E-state index in [0.29, 0.717) is 11.8 Å². The lowest BCUT2D eigenvalue weighted by Crippen LogP contribution is -2.38. The second-order valence-electron chi connectivity index (χ2n) is 4.67. The van der Waals surface area contributed by atoms with Crippen molar-refractivity contribution in [3.8, 4) is 0 Å². The minimum absolute atomic E-state index is 0.162. The molecule has 0 bridgehead atoms. The van der Waals surface area contributed by atoms with E-state index in [1.165, 1.54) is 4.88 Å². The first-order chi connectivity index (χ1) is 8.22. The average molecular weight is 252 g/mol. The van der Waals surface area contributed by atoms with Crippen LogP contribution in [0.4, 0.5) is 0 Å². The van der Waals surface area contributed by atoms with Crippen LogP contribution >= 0.6 is 11.3 Å². The Bertz CT molecular complexity index is 364. The summed E-state index contributed by atoms with van der Waals surface area (Å²) in [6.07, 6.45) is 0. The highest BCUT2D eigenvalue weighted by Gasteiger charge is 2.32. The van der Waals surface area contributed by atoms with Gasteiger partial charge in [-0.2, -0.15) is 0 Å². The van der Waals surface area contributed by atoms with E-state index in [0.717, 1.165) is 26.2 Å². The zero-order chi connectivity index (χ0) is 12.3. The maximum atomic E-state index is 12.4. The van der Waals surface area contributed by atoms with Gasteiger partial charge in [-0.3, -0.25) is 4.79 Å². The molecule has 4 heteroatoms. The molecular weight excluding hydrogens is 232 g/mol. The molecule has 1 fully saturated rings. The fraction of sp³-hybridized carbons (Fsp3) is 0.615. The van der Waals surface area contributed by atoms with Crippen LogP contribution in [-0.4, -0.2) is 30.4 Å². The molecule has 0 spiro atoms. The maximum absolute atomic E-state index is 12.4. The summed E-state index contributed by atoms with van der Waals surface area (Å²) in [7, 11) is 0. The van der Waals surface area contributed by atoms with Crippen LogP contribution < -0.4 is 5.32 Å². The fourth-order valence-electron chi connectivity index (χ4n) is 2.31. The second kappa shape index (κ2) is 5.65. The quantitative estimate of drug-likeness (QED) is 0.888. The van der Waals surface area contributed by atoms with Gasteiger partial charge < -0.3 is 10.2 Å². The third-order valence-corrected chi connectivity index (χ3v) is 4.32. The van der Waals surface area contributed by atoms with Gasteiger partial charge in [0.05, 0.1) is 12.5 Å². The van der Waals surface area contributed by atoms with Gasteiger partial charge in [-0.05, 0) is 30.8 Å². The van der Waals surface area contributed by atoms with Crippen LogP contribution in [0.5, 0.6) is 0 Å². The predicted molar refractivity (Wildman–Crippen MR) is 70.9 cm³/mol. The standard InChI is InChI=1S/C13H20N2OS/c1-3-15(9-11-5-4-6-17-11)13(16)12-8-14-7-10(12)2/h4-6,10,12,14H,3,7-9H2,1-2H3. The van der Waals surface area contributed by atoms with Gasteiger partial charge in [0.15, 0.2) is 0 Å². The molecule has 1 N–H and O–H groups in total. The summed E-state index contributed by atoms with van der Waals surface area (Å²) in [6.45, 7) is 7.56. The van der Waals surface area contributed by atoms with Crippen LogP contribution in [0.1, 0.15) is 18.7 Å². The minimum Gasteiger partial charge on any atom is -0.338 e. The summed E-state index contributed by atoms with van der Waals surface area (Å²) in [5.74, 6) is 0.924. The van der Waals surface area contributed by atoms with Crippen LogP contribution in [-0.2, 0) is 11.3 Å². The van der Waals surface area contributed by atoms with Gasteiger partial charge in [-0.1, -0.05) is 13.0 Å². The molecule has 3 nitrogen and oxygen atoms in total. The summed E-state index contributed by atoms with van der Waals surface area (Å²) < 4.78 is 0. The Morgan fingerprint density at radius 1 is 1.59 bits per heavy atom. The highest BCUT2D eigenvalue weighted by Crippen LogP contribution is 2.20. The van der Waals surface area contributed by atoms with E-state index < -0.39 is 0 Å². The fourth-order valence-corrected chi connectivity index (χ4v) is 3.03. The van der Waals surface area contributed by atoms with Gasteiger partial charge in [0.2, 0.25) is 5.91 Å². The molecule has 2 rings (SSSR count). The van der Waals surface area contributed by atoms with E-state index in [9.17, 15) is 4.79 Å². The van der Waals surface area contributed by atoms with Gasteiger partial charge in [0.1, 0.15) is 0 Å². The van der Waals surface area contributed by atoms with Crippen LogP contribution in [0.15, 0.2) is 17.5 Å². The molecule has 0 aliphatic carbocycles. The van der Waals surface area contributed by atoms with E-state index >= 15 is 0 Å². The number of rotatable bonds is 4. The van der Waals surface area contributed by atoms with E-state index in [4.69, 9.17) is 0 Å². The molecule has 0 saturated carbocycles. The summed E-state index contributed by atoms with van der Waals surface area (Å²) in [4.78, 5) is 15.6. The first-order valence-corrected chi connectivity index (χ1v) is 7.12. The Hall–Kier alpha value is -0.870. The molecule has 0 aromatic carbocycles. The minimum atomic E-state index is 0.162. The smallest absolute Gasteiger partial charge is 0.227 e. The van der Waals surface area contributed by atoms with Crippen LogP contribution in [0, 0.1) is 11.8 Å². The molecule has 17 heavy (non-hydrogen) atoms. The van der Waals surface area contributed by atoms with Gasteiger partial charge in [-0.25, -0.2) is 0 Å². The molecule has 2 heterocycles. The normalized spacial score (nSPS) is 23.9. The van der Waals surface area contributed by atoms with Crippen LogP contribution in [0.3, 0.4) is 0 Å². The van der Waals surface area contributed by atoms with Crippen LogP contribution in [0.2, 0.25) is 0 Å². The van der Waals surface area contributed by atoms with Crippen molar-refractivity contribution >= 4 is 17.2 Å². The molecular formula is C13H20N2OS. The number of carbonyl (C=O) groups is 1. The van der Waals surface area contributed by atoms with Crippen molar-refractivity contribution in [2.24, 2.45) is 11.8 Å². The van der Waals surface area contributed by atoms with Crippen molar-refractivity contribution < 1.29 is 4.79 Å². The maximum Gasteiger partial charge on any atom is 0.227 e. The van der Waals surface area contributed by atoms with Gasteiger partial charge in [-0.15, -0.1) is 11.3 Å². The Labute approximate surface area is 107 Å². The topological polar surface area (TPSA) is 32.3 Å². The third kappa shape index (κ3) is 2.87. The largest absolute Gasteiger partial charge is 0.338 e. The first-order valence-electron chi connectivity index (χ1n) is 6.24. The molecule has 1 amide bonds. The molecule has 1 aliphatic heterocycles. The van der Waals surface area contributed by atoms with Crippen molar-refractivity contribution in [3.05, 3.63) is 22.4 Å². The van der Waals surface area contributed by atoms with Gasteiger partial charge in [0.25, 0.3) is 0 Å². The van der Waals surface area contributed by atoms with E-state index in [1.807, 2.05) is 11.0 Å². The molecule has 2 unspecified atom stereocenters. The molecule has 0 radical (unpaired) electrons. The number of carbonyl (C=O) groups excluding carboxylic acids is 1. The van der Waals surface area contributed by atoms with Crippen molar-refractivity contribution in [1.29, 1.82) is 0 Å². The lowest BCUT2D eigenvalue weighted by molar-refractivity contribution is -0.136. The molecule has 2 atom stereocenters. The lowest BCUT2D eigenvalue weighted by atomic mass is 9.96. The molecule has 1 aromatic heterocycles. The number of hydrogen-bond donors (Lipinski definition) is 1. The van der Waals surface area contributed by atoms with Crippen molar-refractivity contribution in [3.63, 3.8) is 0 Å². The van der Waals surface area contributed by atoms with Crippen LogP contribution in [0.25, 0.3) is 0 Å². The number of thiophene rings is 1. The Balaban J connectivity index is 2.00. The zero-order valence-corrected chi connectivity index (χ0v) is 11.3. The highest BCUT2D eigenvalue weighted by molar-refractivity contribution is 7.09. The molecule has 1 saturated heterocycles. The predicted octanol–water partition coefficient (Wildman–Crippen LogP) is 1.95. The van der Waals surface area contributed by atoms with E-state index in [-0.39, 0.29) is 5.92 Å². The number of nitrogens with zero attached hydrogens (tertiary/aromatic N) is 1. The van der Waals surface area contributed by atoms with Crippen molar-refractivity contribution in [2.75, 3.05) is 19.6 Å². The zero-order valence-electron chi connectivity index (χ0n) is 10.5. The van der Waals surface area contributed by atoms with E-state index in [2.05, 4.69) is 30.6 Å². The third-order valence-electron chi connectivity index (χ3n) is 3.45. The summed E-state index contributed by atoms with van der Waals surface area (Å²) in [5.41, 5.74) is 0. The summed E-state index contributed by atoms with van der Waals surface area (Å²) in [5, 5.41) is 5.36. The average Bonchev–Trinajstić information content (AvgIpc) is 2.96. The van der Waals surface area contributed by atoms with Crippen molar-refractivity contribution in [2.45, 2.75) is 20.4 Å². The SMILES string of the molecule is CCN(Cc1cccs1)C(=O)C1CNCC1C.